The van der Waals surface area contributed by atoms with Crippen molar-refractivity contribution in [2.75, 3.05) is 6.54 Å². The molecule has 0 amide bonds. The summed E-state index contributed by atoms with van der Waals surface area (Å²) >= 11 is 7.70. The van der Waals surface area contributed by atoms with Gasteiger partial charge in [-0.1, -0.05) is 30.7 Å². The number of benzene rings is 1. The molecule has 0 atom stereocenters. The highest BCUT2D eigenvalue weighted by molar-refractivity contribution is 7.11. The maximum absolute atomic E-state index is 5.89. The lowest BCUT2D eigenvalue weighted by Gasteiger charge is -2.00. The molecule has 2 rings (SSSR count). The number of aryl methyl sites for hydroxylation is 1. The van der Waals surface area contributed by atoms with E-state index in [1.165, 1.54) is 15.4 Å². The summed E-state index contributed by atoms with van der Waals surface area (Å²) in [5.74, 6) is 0. The minimum atomic E-state index is 0.781. The molecule has 1 N–H and O–H groups in total. The highest BCUT2D eigenvalue weighted by Gasteiger charge is 2.07. The van der Waals surface area contributed by atoms with Crippen molar-refractivity contribution in [2.45, 2.75) is 33.2 Å². The largest absolute Gasteiger partial charge is 0.312 e. The van der Waals surface area contributed by atoms with Crippen molar-refractivity contribution in [1.82, 2.24) is 10.3 Å². The van der Waals surface area contributed by atoms with Gasteiger partial charge in [0.05, 0.1) is 10.7 Å². The molecule has 0 aliphatic heterocycles. The Hall–Kier alpha value is -0.900. The maximum atomic E-state index is 5.89. The standard InChI is InChI=1S/C15H19ClN2S/c1-3-8-17-10-14-11(2)18-15(19-14)9-12-4-6-13(16)7-5-12/h4-7,17H,3,8-10H2,1-2H3. The van der Waals surface area contributed by atoms with Crippen molar-refractivity contribution in [3.8, 4) is 0 Å². The van der Waals surface area contributed by atoms with Gasteiger partial charge in [0.1, 0.15) is 0 Å². The van der Waals surface area contributed by atoms with Gasteiger partial charge < -0.3 is 5.32 Å². The van der Waals surface area contributed by atoms with Crippen LogP contribution < -0.4 is 5.32 Å². The monoisotopic (exact) mass is 294 g/mol. The van der Waals surface area contributed by atoms with Crippen LogP contribution in [0.5, 0.6) is 0 Å². The lowest BCUT2D eigenvalue weighted by Crippen LogP contribution is -2.13. The van der Waals surface area contributed by atoms with Gasteiger partial charge in [-0.2, -0.15) is 0 Å². The molecule has 0 radical (unpaired) electrons. The number of rotatable bonds is 6. The summed E-state index contributed by atoms with van der Waals surface area (Å²) in [7, 11) is 0. The molecule has 0 unspecified atom stereocenters. The van der Waals surface area contributed by atoms with Crippen LogP contribution in [0, 0.1) is 6.92 Å². The molecule has 102 valence electrons. The van der Waals surface area contributed by atoms with Crippen LogP contribution in [-0.4, -0.2) is 11.5 Å². The van der Waals surface area contributed by atoms with E-state index in [4.69, 9.17) is 11.6 Å². The molecule has 0 bridgehead atoms. The van der Waals surface area contributed by atoms with Gasteiger partial charge in [0, 0.05) is 22.9 Å². The average Bonchev–Trinajstić information content (AvgIpc) is 2.73. The van der Waals surface area contributed by atoms with Crippen molar-refractivity contribution in [3.05, 3.63) is 50.4 Å². The molecule has 19 heavy (non-hydrogen) atoms. The quantitative estimate of drug-likeness (QED) is 0.808. The predicted octanol–water partition coefficient (Wildman–Crippen LogP) is 4.20. The van der Waals surface area contributed by atoms with E-state index >= 15 is 0 Å². The van der Waals surface area contributed by atoms with Crippen LogP contribution in [0.4, 0.5) is 0 Å². The van der Waals surface area contributed by atoms with Crippen molar-refractivity contribution in [3.63, 3.8) is 0 Å². The van der Waals surface area contributed by atoms with Crippen molar-refractivity contribution >= 4 is 22.9 Å². The normalized spacial score (nSPS) is 10.9. The van der Waals surface area contributed by atoms with E-state index in [1.807, 2.05) is 12.1 Å². The van der Waals surface area contributed by atoms with Gasteiger partial charge in [0.2, 0.25) is 0 Å². The molecular weight excluding hydrogens is 276 g/mol. The molecule has 2 nitrogen and oxygen atoms in total. The zero-order valence-electron chi connectivity index (χ0n) is 11.4. The summed E-state index contributed by atoms with van der Waals surface area (Å²) < 4.78 is 0. The Kier molecular flexibility index (Phi) is 5.37. The molecule has 0 fully saturated rings. The summed E-state index contributed by atoms with van der Waals surface area (Å²) in [6.07, 6.45) is 2.05. The fourth-order valence-electron chi connectivity index (χ4n) is 1.88. The number of nitrogens with one attached hydrogen (secondary N) is 1. The van der Waals surface area contributed by atoms with Crippen molar-refractivity contribution in [2.24, 2.45) is 0 Å². The number of aromatic nitrogens is 1. The summed E-state index contributed by atoms with van der Waals surface area (Å²) in [5, 5.41) is 5.39. The molecule has 0 aliphatic rings. The van der Waals surface area contributed by atoms with Gasteiger partial charge in [-0.25, -0.2) is 4.98 Å². The van der Waals surface area contributed by atoms with Gasteiger partial charge in [-0.05, 0) is 37.6 Å². The van der Waals surface area contributed by atoms with E-state index in [9.17, 15) is 0 Å². The van der Waals surface area contributed by atoms with Crippen LogP contribution in [0.1, 0.15) is 34.5 Å². The van der Waals surface area contributed by atoms with Gasteiger partial charge in [0.25, 0.3) is 0 Å². The number of thiazole rings is 1. The van der Waals surface area contributed by atoms with Gasteiger partial charge in [-0.3, -0.25) is 0 Å². The molecule has 1 aromatic carbocycles. The summed E-state index contributed by atoms with van der Waals surface area (Å²) in [6.45, 7) is 6.26. The highest BCUT2D eigenvalue weighted by Crippen LogP contribution is 2.21. The topological polar surface area (TPSA) is 24.9 Å². The lowest BCUT2D eigenvalue weighted by molar-refractivity contribution is 0.678. The third-order valence-electron chi connectivity index (χ3n) is 2.92. The second-order valence-corrected chi connectivity index (χ2v) is 6.20. The third kappa shape index (κ3) is 4.30. The van der Waals surface area contributed by atoms with Crippen molar-refractivity contribution in [1.29, 1.82) is 0 Å². The van der Waals surface area contributed by atoms with E-state index in [0.717, 1.165) is 36.6 Å². The SMILES string of the molecule is CCCNCc1sc(Cc2ccc(Cl)cc2)nc1C. The van der Waals surface area contributed by atoms with E-state index in [-0.39, 0.29) is 0 Å². The Bertz CT molecular complexity index is 519. The first kappa shape index (κ1) is 14.5. The lowest BCUT2D eigenvalue weighted by atomic mass is 10.2. The number of hydrogen-bond donors (Lipinski definition) is 1. The molecule has 1 heterocycles. The zero-order valence-corrected chi connectivity index (χ0v) is 12.9. The smallest absolute Gasteiger partial charge is 0.0975 e. The Balaban J connectivity index is 2.01. The highest BCUT2D eigenvalue weighted by atomic mass is 35.5. The fraction of sp³-hybridized carbons (Fsp3) is 0.400. The molecule has 0 saturated heterocycles. The van der Waals surface area contributed by atoms with E-state index in [1.54, 1.807) is 11.3 Å². The van der Waals surface area contributed by atoms with Crippen LogP contribution in [-0.2, 0) is 13.0 Å². The number of nitrogens with zero attached hydrogens (tertiary/aromatic N) is 1. The second-order valence-electron chi connectivity index (χ2n) is 4.60. The maximum Gasteiger partial charge on any atom is 0.0975 e. The molecule has 4 heteroatoms. The third-order valence-corrected chi connectivity index (χ3v) is 4.33. The van der Waals surface area contributed by atoms with Crippen LogP contribution in [0.25, 0.3) is 0 Å². The Labute approximate surface area is 123 Å². The minimum absolute atomic E-state index is 0.781. The predicted molar refractivity (Wildman–Crippen MR) is 83.1 cm³/mol. The van der Waals surface area contributed by atoms with Crippen LogP contribution in [0.3, 0.4) is 0 Å². The zero-order chi connectivity index (χ0) is 13.7. The van der Waals surface area contributed by atoms with E-state index in [0.29, 0.717) is 0 Å². The Morgan fingerprint density at radius 1 is 1.26 bits per heavy atom. The first-order chi connectivity index (χ1) is 9.19. The first-order valence-corrected chi connectivity index (χ1v) is 7.79. The summed E-state index contributed by atoms with van der Waals surface area (Å²) in [5.41, 5.74) is 2.41. The number of hydrogen-bond acceptors (Lipinski definition) is 3. The minimum Gasteiger partial charge on any atom is -0.312 e. The average molecular weight is 295 g/mol. The van der Waals surface area contributed by atoms with Crippen molar-refractivity contribution < 1.29 is 0 Å². The van der Waals surface area contributed by atoms with Crippen LogP contribution >= 0.6 is 22.9 Å². The van der Waals surface area contributed by atoms with E-state index in [2.05, 4.69) is 36.3 Å². The van der Waals surface area contributed by atoms with Gasteiger partial charge in [-0.15, -0.1) is 11.3 Å². The van der Waals surface area contributed by atoms with Gasteiger partial charge in [0.15, 0.2) is 0 Å². The summed E-state index contributed by atoms with van der Waals surface area (Å²) in [4.78, 5) is 6.00. The summed E-state index contributed by atoms with van der Waals surface area (Å²) in [6, 6.07) is 7.99. The Morgan fingerprint density at radius 3 is 2.68 bits per heavy atom. The Morgan fingerprint density at radius 2 is 2.00 bits per heavy atom. The molecule has 1 aromatic heterocycles. The van der Waals surface area contributed by atoms with Crippen LogP contribution in [0.2, 0.25) is 5.02 Å². The molecule has 0 saturated carbocycles. The molecule has 2 aromatic rings. The van der Waals surface area contributed by atoms with Gasteiger partial charge >= 0.3 is 0 Å². The molecule has 0 aliphatic carbocycles. The van der Waals surface area contributed by atoms with E-state index < -0.39 is 0 Å². The van der Waals surface area contributed by atoms with Crippen LogP contribution in [0.15, 0.2) is 24.3 Å². The second kappa shape index (κ2) is 7.04. The molecular formula is C15H19ClN2S. The molecule has 0 spiro atoms. The number of halogens is 1. The first-order valence-electron chi connectivity index (χ1n) is 6.59. The fourth-order valence-corrected chi connectivity index (χ4v) is 3.08.